The summed E-state index contributed by atoms with van der Waals surface area (Å²) in [4.78, 5) is 13.6. The Hall–Kier alpha value is -2.56. The number of piperidine rings is 1. The van der Waals surface area contributed by atoms with Crippen LogP contribution in [0.2, 0.25) is 0 Å². The van der Waals surface area contributed by atoms with Crippen molar-refractivity contribution in [3.05, 3.63) is 63.2 Å². The molecule has 3 rings (SSSR count). The molecule has 5 heteroatoms. The maximum absolute atomic E-state index is 11.6. The fourth-order valence-electron chi connectivity index (χ4n) is 3.58. The maximum atomic E-state index is 11.6. The molecule has 0 unspecified atom stereocenters. The van der Waals surface area contributed by atoms with E-state index in [-0.39, 0.29) is 10.6 Å². The number of nitro groups is 1. The number of nitro benzene ring substituents is 1. The average molecular weight is 353 g/mol. The van der Waals surface area contributed by atoms with Gasteiger partial charge < -0.3 is 10.2 Å². The number of hydrogen-bond acceptors (Lipinski definition) is 4. The van der Waals surface area contributed by atoms with E-state index >= 15 is 0 Å². The van der Waals surface area contributed by atoms with Crippen LogP contribution < -0.4 is 10.2 Å². The normalized spacial score (nSPS) is 17.2. The second kappa shape index (κ2) is 7.77. The predicted octanol–water partition coefficient (Wildman–Crippen LogP) is 5.20. The molecule has 0 amide bonds. The van der Waals surface area contributed by atoms with E-state index in [1.54, 1.807) is 6.07 Å². The third kappa shape index (κ3) is 3.98. The molecule has 1 aliphatic heterocycles. The van der Waals surface area contributed by atoms with Crippen molar-refractivity contribution in [2.45, 2.75) is 52.6 Å². The van der Waals surface area contributed by atoms with Crippen molar-refractivity contribution < 1.29 is 4.92 Å². The van der Waals surface area contributed by atoms with Gasteiger partial charge in [-0.2, -0.15) is 0 Å². The molecular weight excluding hydrogens is 326 g/mol. The van der Waals surface area contributed by atoms with Crippen molar-refractivity contribution in [2.24, 2.45) is 0 Å². The summed E-state index contributed by atoms with van der Waals surface area (Å²) in [5.74, 6) is 0. The van der Waals surface area contributed by atoms with Crippen molar-refractivity contribution in [2.75, 3.05) is 16.8 Å². The molecule has 1 heterocycles. The number of benzene rings is 2. The van der Waals surface area contributed by atoms with Crippen LogP contribution in [0.4, 0.5) is 17.1 Å². The molecule has 1 aliphatic rings. The van der Waals surface area contributed by atoms with Gasteiger partial charge in [0.1, 0.15) is 5.69 Å². The lowest BCUT2D eigenvalue weighted by atomic mass is 10.0. The molecule has 1 saturated heterocycles. The molecule has 2 aromatic carbocycles. The summed E-state index contributed by atoms with van der Waals surface area (Å²) in [6.07, 6.45) is 3.38. The van der Waals surface area contributed by atoms with Crippen LogP contribution in [0.25, 0.3) is 0 Å². The lowest BCUT2D eigenvalue weighted by molar-refractivity contribution is -0.384. The summed E-state index contributed by atoms with van der Waals surface area (Å²) in [7, 11) is 0. The minimum absolute atomic E-state index is 0.207. The lowest BCUT2D eigenvalue weighted by Gasteiger charge is -2.35. The highest BCUT2D eigenvalue weighted by Gasteiger charge is 2.25. The number of hydrogen-bond donors (Lipinski definition) is 1. The SMILES string of the molecule is Cc1ccc(NCc2ccc(N3CCCC[C@H]3C)c([N+](=O)[O-])c2)cc1C. The molecule has 1 fully saturated rings. The molecule has 0 saturated carbocycles. The summed E-state index contributed by atoms with van der Waals surface area (Å²) in [5.41, 5.74) is 5.39. The van der Waals surface area contributed by atoms with Crippen LogP contribution in [0.3, 0.4) is 0 Å². The summed E-state index contributed by atoms with van der Waals surface area (Å²) in [6, 6.07) is 12.2. The van der Waals surface area contributed by atoms with E-state index in [1.807, 2.05) is 18.2 Å². The highest BCUT2D eigenvalue weighted by molar-refractivity contribution is 5.65. The monoisotopic (exact) mass is 353 g/mol. The fraction of sp³-hybridized carbons (Fsp3) is 0.429. The van der Waals surface area contributed by atoms with Gasteiger partial charge in [-0.1, -0.05) is 12.1 Å². The van der Waals surface area contributed by atoms with Gasteiger partial charge in [-0.05, 0) is 74.9 Å². The Morgan fingerprint density at radius 3 is 2.65 bits per heavy atom. The molecule has 0 aromatic heterocycles. The van der Waals surface area contributed by atoms with E-state index in [4.69, 9.17) is 0 Å². The predicted molar refractivity (Wildman–Crippen MR) is 107 cm³/mol. The smallest absolute Gasteiger partial charge is 0.292 e. The molecule has 26 heavy (non-hydrogen) atoms. The Balaban J connectivity index is 1.79. The van der Waals surface area contributed by atoms with Gasteiger partial charge in [-0.25, -0.2) is 0 Å². The number of nitrogens with zero attached hydrogens (tertiary/aromatic N) is 2. The zero-order chi connectivity index (χ0) is 18.7. The Bertz CT molecular complexity index is 804. The average Bonchev–Trinajstić information content (AvgIpc) is 2.63. The van der Waals surface area contributed by atoms with Crippen LogP contribution in [0.15, 0.2) is 36.4 Å². The summed E-state index contributed by atoms with van der Waals surface area (Å²) in [5, 5.41) is 15.0. The number of anilines is 2. The van der Waals surface area contributed by atoms with Gasteiger partial charge in [0.05, 0.1) is 4.92 Å². The molecule has 5 nitrogen and oxygen atoms in total. The molecule has 1 atom stereocenters. The first-order valence-corrected chi connectivity index (χ1v) is 9.31. The third-order valence-electron chi connectivity index (χ3n) is 5.35. The van der Waals surface area contributed by atoms with E-state index in [1.165, 1.54) is 17.5 Å². The highest BCUT2D eigenvalue weighted by Crippen LogP contribution is 2.33. The molecule has 0 radical (unpaired) electrons. The third-order valence-corrected chi connectivity index (χ3v) is 5.35. The molecule has 2 aromatic rings. The minimum Gasteiger partial charge on any atom is -0.381 e. The van der Waals surface area contributed by atoms with Gasteiger partial charge in [0.2, 0.25) is 0 Å². The molecule has 0 aliphatic carbocycles. The Kier molecular flexibility index (Phi) is 5.45. The van der Waals surface area contributed by atoms with Crippen LogP contribution in [0, 0.1) is 24.0 Å². The molecule has 138 valence electrons. The summed E-state index contributed by atoms with van der Waals surface area (Å²) in [6.45, 7) is 7.78. The topological polar surface area (TPSA) is 58.4 Å². The fourth-order valence-corrected chi connectivity index (χ4v) is 3.58. The van der Waals surface area contributed by atoms with Crippen LogP contribution in [-0.2, 0) is 6.54 Å². The first-order chi connectivity index (χ1) is 12.5. The van der Waals surface area contributed by atoms with Crippen molar-refractivity contribution in [3.8, 4) is 0 Å². The van der Waals surface area contributed by atoms with Gasteiger partial charge in [0, 0.05) is 30.9 Å². The summed E-state index contributed by atoms with van der Waals surface area (Å²) >= 11 is 0. The lowest BCUT2D eigenvalue weighted by Crippen LogP contribution is -2.37. The minimum atomic E-state index is -0.254. The van der Waals surface area contributed by atoms with E-state index in [9.17, 15) is 10.1 Å². The van der Waals surface area contributed by atoms with Gasteiger partial charge >= 0.3 is 0 Å². The van der Waals surface area contributed by atoms with Crippen LogP contribution in [0.5, 0.6) is 0 Å². The molecular formula is C21H27N3O2. The second-order valence-electron chi connectivity index (χ2n) is 7.27. The number of nitrogens with one attached hydrogen (secondary N) is 1. The van der Waals surface area contributed by atoms with Crippen LogP contribution in [0.1, 0.15) is 42.9 Å². The first-order valence-electron chi connectivity index (χ1n) is 9.31. The Morgan fingerprint density at radius 2 is 1.96 bits per heavy atom. The van der Waals surface area contributed by atoms with Gasteiger partial charge in [-0.15, -0.1) is 0 Å². The zero-order valence-electron chi connectivity index (χ0n) is 15.8. The van der Waals surface area contributed by atoms with Crippen molar-refractivity contribution in [3.63, 3.8) is 0 Å². The quantitative estimate of drug-likeness (QED) is 0.593. The van der Waals surface area contributed by atoms with E-state index in [0.29, 0.717) is 12.6 Å². The molecule has 0 spiro atoms. The van der Waals surface area contributed by atoms with Gasteiger partial charge in [-0.3, -0.25) is 10.1 Å². The highest BCUT2D eigenvalue weighted by atomic mass is 16.6. The zero-order valence-corrected chi connectivity index (χ0v) is 15.8. The summed E-state index contributed by atoms with van der Waals surface area (Å²) < 4.78 is 0. The van der Waals surface area contributed by atoms with Gasteiger partial charge in [0.15, 0.2) is 0 Å². The van der Waals surface area contributed by atoms with E-state index in [2.05, 4.69) is 43.1 Å². The number of rotatable bonds is 5. The standard InChI is InChI=1S/C21H27N3O2/c1-15-7-9-19(12-16(15)2)22-14-18-8-10-20(21(13-18)24(25)26)23-11-5-4-6-17(23)3/h7-10,12-13,17,22H,4-6,11,14H2,1-3H3/t17-/m1/s1. The Labute approximate surface area is 155 Å². The molecule has 1 N–H and O–H groups in total. The van der Waals surface area contributed by atoms with E-state index in [0.717, 1.165) is 36.3 Å². The van der Waals surface area contributed by atoms with Gasteiger partial charge in [0.25, 0.3) is 5.69 Å². The maximum Gasteiger partial charge on any atom is 0.292 e. The van der Waals surface area contributed by atoms with E-state index < -0.39 is 0 Å². The largest absolute Gasteiger partial charge is 0.381 e. The second-order valence-corrected chi connectivity index (χ2v) is 7.27. The van der Waals surface area contributed by atoms with Crippen molar-refractivity contribution in [1.82, 2.24) is 0 Å². The van der Waals surface area contributed by atoms with Crippen molar-refractivity contribution in [1.29, 1.82) is 0 Å². The molecule has 0 bridgehead atoms. The van der Waals surface area contributed by atoms with Crippen LogP contribution >= 0.6 is 0 Å². The Morgan fingerprint density at radius 1 is 1.15 bits per heavy atom. The van der Waals surface area contributed by atoms with Crippen molar-refractivity contribution >= 4 is 17.1 Å². The first kappa shape index (κ1) is 18.2. The van der Waals surface area contributed by atoms with Crippen LogP contribution in [-0.4, -0.2) is 17.5 Å². The number of aryl methyl sites for hydroxylation is 2.